The van der Waals surface area contributed by atoms with Crippen LogP contribution in [-0.2, 0) is 20.0 Å². The molecule has 0 amide bonds. The van der Waals surface area contributed by atoms with Crippen LogP contribution >= 0.6 is 0 Å². The van der Waals surface area contributed by atoms with Crippen molar-refractivity contribution >= 4 is 0 Å². The van der Waals surface area contributed by atoms with Crippen molar-refractivity contribution in [2.75, 3.05) is 6.54 Å². The highest BCUT2D eigenvalue weighted by atomic mass is 19.1. The van der Waals surface area contributed by atoms with Gasteiger partial charge in [-0.15, -0.1) is 10.2 Å². The van der Waals surface area contributed by atoms with Gasteiger partial charge < -0.3 is 14.3 Å². The molecule has 0 saturated heterocycles. The fourth-order valence-corrected chi connectivity index (χ4v) is 4.71. The van der Waals surface area contributed by atoms with Gasteiger partial charge in [-0.25, -0.2) is 9.37 Å². The summed E-state index contributed by atoms with van der Waals surface area (Å²) in [7, 11) is 1.91. The van der Waals surface area contributed by atoms with Crippen LogP contribution in [0.1, 0.15) is 38.6 Å². The Morgan fingerprint density at radius 2 is 2.00 bits per heavy atom. The van der Waals surface area contributed by atoms with Gasteiger partial charge in [0.25, 0.3) is 5.89 Å². The minimum Gasteiger partial charge on any atom is -0.419 e. The zero-order valence-electron chi connectivity index (χ0n) is 19.3. The highest BCUT2D eigenvalue weighted by Gasteiger charge is 2.32. The average molecular weight is 438 g/mol. The third-order valence-electron chi connectivity index (χ3n) is 6.63. The first-order chi connectivity index (χ1) is 15.4. The highest BCUT2D eigenvalue weighted by Crippen LogP contribution is 2.38. The van der Waals surface area contributed by atoms with Gasteiger partial charge in [-0.2, -0.15) is 0 Å². The maximum absolute atomic E-state index is 13.1. The Bertz CT molecular complexity index is 1050. The summed E-state index contributed by atoms with van der Waals surface area (Å²) < 4.78 is 21.0. The summed E-state index contributed by atoms with van der Waals surface area (Å²) in [5, 5.41) is 12.1. The lowest BCUT2D eigenvalue weighted by Gasteiger charge is -2.37. The molecule has 170 valence electrons. The molecule has 0 radical (unpaired) electrons. The zero-order chi connectivity index (χ0) is 22.7. The van der Waals surface area contributed by atoms with E-state index in [0.29, 0.717) is 35.5 Å². The Labute approximate surface area is 189 Å². The molecular formula is C25H32FN5O. The molecule has 2 aromatic heterocycles. The lowest BCUT2D eigenvalue weighted by molar-refractivity contribution is 0.218. The molecule has 2 heterocycles. The van der Waals surface area contributed by atoms with Gasteiger partial charge in [0.05, 0.1) is 12.5 Å². The summed E-state index contributed by atoms with van der Waals surface area (Å²) >= 11 is 0. The molecule has 0 fully saturated rings. The largest absolute Gasteiger partial charge is 0.419 e. The summed E-state index contributed by atoms with van der Waals surface area (Å²) in [6.45, 7) is 8.48. The number of halogens is 1. The van der Waals surface area contributed by atoms with Crippen molar-refractivity contribution in [3.05, 3.63) is 65.7 Å². The number of nitrogens with zero attached hydrogens (tertiary/aromatic N) is 4. The number of aromatic nitrogens is 4. The van der Waals surface area contributed by atoms with E-state index in [2.05, 4.69) is 47.3 Å². The van der Waals surface area contributed by atoms with Gasteiger partial charge in [0.15, 0.2) is 0 Å². The van der Waals surface area contributed by atoms with E-state index < -0.39 is 0 Å². The zero-order valence-corrected chi connectivity index (χ0v) is 19.3. The van der Waals surface area contributed by atoms with Crippen LogP contribution in [0.25, 0.3) is 11.6 Å². The van der Waals surface area contributed by atoms with E-state index >= 15 is 0 Å². The third kappa shape index (κ3) is 5.15. The second-order valence-corrected chi connectivity index (χ2v) is 9.27. The third-order valence-corrected chi connectivity index (χ3v) is 6.63. The lowest BCUT2D eigenvalue weighted by Crippen LogP contribution is -2.34. The second-order valence-electron chi connectivity index (χ2n) is 9.27. The number of hydrogen-bond acceptors (Lipinski definition) is 5. The number of imidazole rings is 1. The van der Waals surface area contributed by atoms with Crippen LogP contribution in [0.5, 0.6) is 0 Å². The monoisotopic (exact) mass is 437 g/mol. The molecule has 1 aliphatic rings. The summed E-state index contributed by atoms with van der Waals surface area (Å²) in [5.74, 6) is 3.01. The normalized spacial score (nSPS) is 21.2. The molecule has 0 bridgehead atoms. The van der Waals surface area contributed by atoms with Crippen LogP contribution in [0, 0.1) is 29.5 Å². The number of allylic oxidation sites excluding steroid dienone is 1. The summed E-state index contributed by atoms with van der Waals surface area (Å²) in [4.78, 5) is 4.12. The lowest BCUT2D eigenvalue weighted by atomic mass is 9.70. The standard InChI is InChI=1S/C25H32FN5O/c1-16(2)22-10-19(11-24-29-30-25(32-24)23-14-28-15-31(23)4)17(3)9-20(22)13-27-12-18-5-7-21(26)8-6-18/h5-9,14-16,19-20,22,27H,10-13H2,1-4H3. The first kappa shape index (κ1) is 22.4. The Morgan fingerprint density at radius 1 is 1.22 bits per heavy atom. The number of benzene rings is 1. The maximum atomic E-state index is 13.1. The maximum Gasteiger partial charge on any atom is 0.265 e. The van der Waals surface area contributed by atoms with Crippen molar-refractivity contribution in [3.8, 4) is 11.6 Å². The van der Waals surface area contributed by atoms with Gasteiger partial charge in [0.1, 0.15) is 11.5 Å². The minimum atomic E-state index is -0.195. The van der Waals surface area contributed by atoms with E-state index in [-0.39, 0.29) is 5.82 Å². The van der Waals surface area contributed by atoms with Crippen molar-refractivity contribution in [2.24, 2.45) is 30.7 Å². The number of aryl methyl sites for hydroxylation is 1. The average Bonchev–Trinajstić information content (AvgIpc) is 3.39. The van der Waals surface area contributed by atoms with Crippen LogP contribution in [0.3, 0.4) is 0 Å². The molecule has 0 saturated carbocycles. The number of nitrogens with one attached hydrogen (secondary N) is 1. The fraction of sp³-hybridized carbons (Fsp3) is 0.480. The van der Waals surface area contributed by atoms with Crippen molar-refractivity contribution in [3.63, 3.8) is 0 Å². The smallest absolute Gasteiger partial charge is 0.265 e. The topological polar surface area (TPSA) is 68.8 Å². The predicted octanol–water partition coefficient (Wildman–Crippen LogP) is 4.80. The first-order valence-electron chi connectivity index (χ1n) is 11.3. The van der Waals surface area contributed by atoms with E-state index in [4.69, 9.17) is 4.42 Å². The van der Waals surface area contributed by atoms with Crippen LogP contribution in [-0.4, -0.2) is 26.3 Å². The van der Waals surface area contributed by atoms with Gasteiger partial charge >= 0.3 is 0 Å². The first-order valence-corrected chi connectivity index (χ1v) is 11.3. The predicted molar refractivity (Wildman–Crippen MR) is 122 cm³/mol. The Morgan fingerprint density at radius 3 is 2.69 bits per heavy atom. The van der Waals surface area contributed by atoms with Crippen molar-refractivity contribution in [2.45, 2.75) is 40.2 Å². The van der Waals surface area contributed by atoms with Gasteiger partial charge in [-0.05, 0) is 54.7 Å². The van der Waals surface area contributed by atoms with E-state index in [1.165, 1.54) is 17.7 Å². The molecule has 6 nitrogen and oxygen atoms in total. The molecule has 0 aliphatic heterocycles. The number of hydrogen-bond donors (Lipinski definition) is 1. The van der Waals surface area contributed by atoms with Gasteiger partial charge in [0.2, 0.25) is 5.89 Å². The van der Waals surface area contributed by atoms with Gasteiger partial charge in [0, 0.05) is 26.6 Å². The molecule has 7 heteroatoms. The fourth-order valence-electron chi connectivity index (χ4n) is 4.71. The van der Waals surface area contributed by atoms with Crippen LogP contribution in [0.15, 0.2) is 52.9 Å². The molecule has 3 aromatic rings. The highest BCUT2D eigenvalue weighted by molar-refractivity contribution is 5.44. The Kier molecular flexibility index (Phi) is 6.84. The number of rotatable bonds is 8. The molecule has 3 atom stereocenters. The minimum absolute atomic E-state index is 0.195. The molecule has 1 aliphatic carbocycles. The summed E-state index contributed by atoms with van der Waals surface area (Å²) in [5.41, 5.74) is 3.31. The Hall–Kier alpha value is -2.80. The van der Waals surface area contributed by atoms with Crippen LogP contribution < -0.4 is 5.32 Å². The van der Waals surface area contributed by atoms with E-state index in [9.17, 15) is 4.39 Å². The Balaban J connectivity index is 1.40. The van der Waals surface area contributed by atoms with E-state index in [0.717, 1.165) is 37.2 Å². The molecule has 3 unspecified atom stereocenters. The molecular weight excluding hydrogens is 405 g/mol. The quantitative estimate of drug-likeness (QED) is 0.513. The molecule has 32 heavy (non-hydrogen) atoms. The van der Waals surface area contributed by atoms with E-state index in [1.807, 2.05) is 23.7 Å². The van der Waals surface area contributed by atoms with Gasteiger partial charge in [-0.3, -0.25) is 0 Å². The SMILES string of the molecule is CC1=CC(CNCc2ccc(F)cc2)C(C(C)C)CC1Cc1nnc(-c2cncn2C)o1. The molecule has 0 spiro atoms. The van der Waals surface area contributed by atoms with Crippen molar-refractivity contribution < 1.29 is 8.81 Å². The van der Waals surface area contributed by atoms with Crippen LogP contribution in [0.4, 0.5) is 4.39 Å². The van der Waals surface area contributed by atoms with Gasteiger partial charge in [-0.1, -0.05) is 37.6 Å². The van der Waals surface area contributed by atoms with Crippen LogP contribution in [0.2, 0.25) is 0 Å². The molecule has 4 rings (SSSR count). The van der Waals surface area contributed by atoms with E-state index in [1.54, 1.807) is 12.5 Å². The second kappa shape index (κ2) is 9.77. The summed E-state index contributed by atoms with van der Waals surface area (Å²) in [6.07, 6.45) is 7.75. The van der Waals surface area contributed by atoms with Crippen molar-refractivity contribution in [1.82, 2.24) is 25.1 Å². The van der Waals surface area contributed by atoms with Crippen molar-refractivity contribution in [1.29, 1.82) is 0 Å². The summed E-state index contributed by atoms with van der Waals surface area (Å²) in [6, 6.07) is 6.70. The molecule has 1 aromatic carbocycles. The molecule has 1 N–H and O–H groups in total.